The van der Waals surface area contributed by atoms with E-state index in [1.807, 2.05) is 11.3 Å². The Kier molecular flexibility index (Phi) is 4.50. The molecule has 1 atom stereocenters. The molecule has 2 aromatic rings. The molecule has 1 aromatic heterocycles. The van der Waals surface area contributed by atoms with E-state index < -0.39 is 0 Å². The molecule has 0 saturated carbocycles. The van der Waals surface area contributed by atoms with Crippen molar-refractivity contribution in [3.05, 3.63) is 54.1 Å². The van der Waals surface area contributed by atoms with Gasteiger partial charge >= 0.3 is 0 Å². The second-order valence-corrected chi connectivity index (χ2v) is 7.91. The van der Waals surface area contributed by atoms with Crippen LogP contribution < -0.4 is 0 Å². The van der Waals surface area contributed by atoms with Crippen LogP contribution in [0.5, 0.6) is 0 Å². The molecule has 17 heavy (non-hydrogen) atoms. The zero-order chi connectivity index (χ0) is 12.6. The Balaban J connectivity index is 2.43. The van der Waals surface area contributed by atoms with Gasteiger partial charge in [0, 0.05) is 18.7 Å². The molecule has 90 valence electrons. The topological polar surface area (TPSA) is 0 Å². The average molecular weight is 439 g/mol. The fourth-order valence-electron chi connectivity index (χ4n) is 1.76. The summed E-state index contributed by atoms with van der Waals surface area (Å²) in [5.41, 5.74) is 2.61. The van der Waals surface area contributed by atoms with Crippen LogP contribution in [0.15, 0.2) is 33.2 Å². The molecule has 0 aliphatic rings. The lowest BCUT2D eigenvalue weighted by atomic mass is 10.1. The summed E-state index contributed by atoms with van der Waals surface area (Å²) in [5.74, 6) is 0. The quantitative estimate of drug-likeness (QED) is 0.477. The second-order valence-electron chi connectivity index (χ2n) is 3.93. The van der Waals surface area contributed by atoms with Crippen LogP contribution in [0.3, 0.4) is 0 Å². The molecule has 0 N–H and O–H groups in total. The summed E-state index contributed by atoms with van der Waals surface area (Å²) in [7, 11) is 0. The maximum atomic E-state index is 3.80. The first-order chi connectivity index (χ1) is 7.99. The molecule has 0 nitrogen and oxygen atoms in total. The lowest BCUT2D eigenvalue weighted by Crippen LogP contribution is -1.93. The van der Waals surface area contributed by atoms with Gasteiger partial charge in [-0.3, -0.25) is 0 Å². The zero-order valence-electron chi connectivity index (χ0n) is 9.43. The molecule has 1 unspecified atom stereocenters. The smallest absolute Gasteiger partial charge is 0.0751 e. The van der Waals surface area contributed by atoms with Crippen LogP contribution in [-0.4, -0.2) is 0 Å². The summed E-state index contributed by atoms with van der Waals surface area (Å²) in [6.07, 6.45) is 0. The number of rotatable bonds is 2. The standard InChI is InChI=1S/C13H11Br3S/c1-7-5-8(2)17-13(7)12(16)10-4-3-9(14)6-11(10)15/h3-6,12H,1-2H3. The summed E-state index contributed by atoms with van der Waals surface area (Å²) in [6, 6.07) is 8.53. The van der Waals surface area contributed by atoms with Crippen LogP contribution in [-0.2, 0) is 0 Å². The third kappa shape index (κ3) is 3.03. The van der Waals surface area contributed by atoms with Crippen LogP contribution in [0.4, 0.5) is 0 Å². The zero-order valence-corrected chi connectivity index (χ0v) is 15.0. The molecule has 0 amide bonds. The van der Waals surface area contributed by atoms with Crippen molar-refractivity contribution >= 4 is 59.1 Å². The van der Waals surface area contributed by atoms with Crippen molar-refractivity contribution in [3.63, 3.8) is 0 Å². The van der Waals surface area contributed by atoms with E-state index >= 15 is 0 Å². The van der Waals surface area contributed by atoms with Crippen molar-refractivity contribution in [2.75, 3.05) is 0 Å². The molecule has 2 rings (SSSR count). The Hall–Kier alpha value is 0.360. The van der Waals surface area contributed by atoms with Gasteiger partial charge in [-0.2, -0.15) is 0 Å². The van der Waals surface area contributed by atoms with E-state index in [0.717, 1.165) is 8.95 Å². The monoisotopic (exact) mass is 436 g/mol. The number of aryl methyl sites for hydroxylation is 2. The van der Waals surface area contributed by atoms with Crippen molar-refractivity contribution in [2.24, 2.45) is 0 Å². The maximum absolute atomic E-state index is 3.80. The third-order valence-corrected chi connectivity index (χ3v) is 6.20. The molecule has 0 aliphatic carbocycles. The van der Waals surface area contributed by atoms with Gasteiger partial charge in [-0.15, -0.1) is 11.3 Å². The van der Waals surface area contributed by atoms with Crippen molar-refractivity contribution < 1.29 is 0 Å². The fourth-order valence-corrected chi connectivity index (χ4v) is 5.42. The Morgan fingerprint density at radius 3 is 2.35 bits per heavy atom. The van der Waals surface area contributed by atoms with E-state index in [4.69, 9.17) is 0 Å². The van der Waals surface area contributed by atoms with Gasteiger partial charge in [0.2, 0.25) is 0 Å². The molecular formula is C13H11Br3S. The van der Waals surface area contributed by atoms with E-state index in [9.17, 15) is 0 Å². The Labute approximate surface area is 131 Å². The molecule has 0 saturated heterocycles. The number of benzene rings is 1. The molecule has 4 heteroatoms. The van der Waals surface area contributed by atoms with Gasteiger partial charge in [0.15, 0.2) is 0 Å². The van der Waals surface area contributed by atoms with Crippen molar-refractivity contribution in [2.45, 2.75) is 18.7 Å². The predicted octanol–water partition coefficient (Wildman–Crippen LogP) is 6.37. The Morgan fingerprint density at radius 2 is 1.82 bits per heavy atom. The highest BCUT2D eigenvalue weighted by atomic mass is 79.9. The van der Waals surface area contributed by atoms with Crippen LogP contribution in [0.2, 0.25) is 0 Å². The number of hydrogen-bond donors (Lipinski definition) is 0. The lowest BCUT2D eigenvalue weighted by molar-refractivity contribution is 1.18. The first-order valence-electron chi connectivity index (χ1n) is 5.15. The fraction of sp³-hybridized carbons (Fsp3) is 0.231. The van der Waals surface area contributed by atoms with Crippen LogP contribution in [0.25, 0.3) is 0 Å². The molecule has 0 radical (unpaired) electrons. The highest BCUT2D eigenvalue weighted by Crippen LogP contribution is 2.41. The molecule has 0 bridgehead atoms. The predicted molar refractivity (Wildman–Crippen MR) is 86.4 cm³/mol. The molecule has 1 heterocycles. The van der Waals surface area contributed by atoms with Gasteiger partial charge in [0.05, 0.1) is 4.83 Å². The van der Waals surface area contributed by atoms with E-state index in [0.29, 0.717) is 0 Å². The van der Waals surface area contributed by atoms with Crippen molar-refractivity contribution in [1.82, 2.24) is 0 Å². The number of hydrogen-bond acceptors (Lipinski definition) is 1. The first-order valence-corrected chi connectivity index (χ1v) is 8.47. The van der Waals surface area contributed by atoms with E-state index in [1.165, 1.54) is 20.9 Å². The number of alkyl halides is 1. The maximum Gasteiger partial charge on any atom is 0.0751 e. The van der Waals surface area contributed by atoms with E-state index in [1.54, 1.807) is 0 Å². The summed E-state index contributed by atoms with van der Waals surface area (Å²) >= 11 is 12.7. The van der Waals surface area contributed by atoms with Gasteiger partial charge in [-0.05, 0) is 43.2 Å². The third-order valence-electron chi connectivity index (χ3n) is 2.55. The number of thiophene rings is 1. The summed E-state index contributed by atoms with van der Waals surface area (Å²) in [4.78, 5) is 2.99. The summed E-state index contributed by atoms with van der Waals surface area (Å²) in [5, 5.41) is 0. The minimum absolute atomic E-state index is 0.253. The summed E-state index contributed by atoms with van der Waals surface area (Å²) < 4.78 is 2.21. The minimum Gasteiger partial charge on any atom is -0.144 e. The molecule has 0 fully saturated rings. The summed E-state index contributed by atoms with van der Waals surface area (Å²) in [6.45, 7) is 4.32. The normalized spacial score (nSPS) is 12.8. The lowest BCUT2D eigenvalue weighted by Gasteiger charge is -2.12. The average Bonchev–Trinajstić information content (AvgIpc) is 2.57. The number of halogens is 3. The Bertz CT molecular complexity index is 546. The molecule has 0 spiro atoms. The van der Waals surface area contributed by atoms with Crippen LogP contribution in [0.1, 0.15) is 25.7 Å². The van der Waals surface area contributed by atoms with Crippen LogP contribution in [0, 0.1) is 13.8 Å². The van der Waals surface area contributed by atoms with Crippen LogP contribution >= 0.6 is 59.1 Å². The first kappa shape index (κ1) is 13.8. The van der Waals surface area contributed by atoms with E-state index in [2.05, 4.69) is 85.9 Å². The van der Waals surface area contributed by atoms with Gasteiger partial charge in [0.1, 0.15) is 0 Å². The second kappa shape index (κ2) is 5.55. The van der Waals surface area contributed by atoms with E-state index in [-0.39, 0.29) is 4.83 Å². The SMILES string of the molecule is Cc1cc(C)c(C(Br)c2ccc(Br)cc2Br)s1. The Morgan fingerprint density at radius 1 is 1.12 bits per heavy atom. The highest BCUT2D eigenvalue weighted by molar-refractivity contribution is 9.11. The van der Waals surface area contributed by atoms with Gasteiger partial charge in [0.25, 0.3) is 0 Å². The minimum atomic E-state index is 0.253. The van der Waals surface area contributed by atoms with Gasteiger partial charge in [-0.1, -0.05) is 53.9 Å². The van der Waals surface area contributed by atoms with Gasteiger partial charge < -0.3 is 0 Å². The molecular weight excluding hydrogens is 428 g/mol. The van der Waals surface area contributed by atoms with Crippen molar-refractivity contribution in [3.8, 4) is 0 Å². The van der Waals surface area contributed by atoms with Crippen molar-refractivity contribution in [1.29, 1.82) is 0 Å². The molecule has 1 aromatic carbocycles. The highest BCUT2D eigenvalue weighted by Gasteiger charge is 2.17. The van der Waals surface area contributed by atoms with Gasteiger partial charge in [-0.25, -0.2) is 0 Å². The largest absolute Gasteiger partial charge is 0.144 e. The molecule has 0 aliphatic heterocycles.